The van der Waals surface area contributed by atoms with Gasteiger partial charge in [-0.05, 0) is 13.8 Å². The molecule has 1 fully saturated rings. The number of hydrogen-bond acceptors (Lipinski definition) is 2. The fourth-order valence-electron chi connectivity index (χ4n) is 1.65. The van der Waals surface area contributed by atoms with Crippen molar-refractivity contribution in [3.63, 3.8) is 0 Å². The monoisotopic (exact) mass is 264 g/mol. The third-order valence-electron chi connectivity index (χ3n) is 2.53. The summed E-state index contributed by atoms with van der Waals surface area (Å²) in [7, 11) is 0. The molecular formula is C11H15F3N2O2. The minimum Gasteiger partial charge on any atom is -0.336 e. The average molecular weight is 264 g/mol. The van der Waals surface area contributed by atoms with Crippen molar-refractivity contribution in [2.24, 2.45) is 0 Å². The molecule has 0 unspecified atom stereocenters. The molecule has 0 aromatic rings. The quantitative estimate of drug-likeness (QED) is 0.667. The first-order valence-electron chi connectivity index (χ1n) is 5.51. The smallest absolute Gasteiger partial charge is 0.336 e. The molecule has 0 bridgehead atoms. The van der Waals surface area contributed by atoms with E-state index < -0.39 is 12.1 Å². The zero-order valence-corrected chi connectivity index (χ0v) is 10.3. The lowest BCUT2D eigenvalue weighted by Crippen LogP contribution is -2.53. The van der Waals surface area contributed by atoms with E-state index in [1.165, 1.54) is 11.0 Å². The molecule has 0 spiro atoms. The summed E-state index contributed by atoms with van der Waals surface area (Å²) in [5.41, 5.74) is 0.828. The zero-order valence-electron chi connectivity index (χ0n) is 10.3. The van der Waals surface area contributed by atoms with Crippen molar-refractivity contribution in [1.29, 1.82) is 0 Å². The van der Waals surface area contributed by atoms with Gasteiger partial charge in [-0.3, -0.25) is 9.59 Å². The van der Waals surface area contributed by atoms with Gasteiger partial charge in [0.05, 0.1) is 0 Å². The van der Waals surface area contributed by atoms with E-state index in [4.69, 9.17) is 0 Å². The maximum atomic E-state index is 12.2. The Labute approximate surface area is 103 Å². The van der Waals surface area contributed by atoms with E-state index >= 15 is 0 Å². The van der Waals surface area contributed by atoms with Crippen LogP contribution in [0.15, 0.2) is 11.6 Å². The second kappa shape index (κ2) is 5.41. The number of carbonyl (C=O) groups excluding carboxylic acids is 2. The summed E-state index contributed by atoms with van der Waals surface area (Å²) in [5.74, 6) is -2.06. The normalized spacial score (nSPS) is 16.5. The molecule has 1 rings (SSSR count). The number of alkyl halides is 3. The highest BCUT2D eigenvalue weighted by molar-refractivity contribution is 5.88. The first kappa shape index (κ1) is 14.5. The van der Waals surface area contributed by atoms with Gasteiger partial charge in [0.15, 0.2) is 0 Å². The molecule has 102 valence electrons. The molecule has 1 aliphatic rings. The van der Waals surface area contributed by atoms with Crippen LogP contribution in [-0.4, -0.2) is 54.0 Å². The van der Waals surface area contributed by atoms with Gasteiger partial charge in [0.1, 0.15) is 0 Å². The molecule has 0 radical (unpaired) electrons. The number of piperazine rings is 1. The van der Waals surface area contributed by atoms with Crippen LogP contribution in [0, 0.1) is 0 Å². The van der Waals surface area contributed by atoms with Gasteiger partial charge in [-0.1, -0.05) is 5.57 Å². The number of nitrogens with zero attached hydrogens (tertiary/aromatic N) is 2. The van der Waals surface area contributed by atoms with Crippen molar-refractivity contribution < 1.29 is 22.8 Å². The Hall–Kier alpha value is -1.53. The van der Waals surface area contributed by atoms with E-state index in [1.807, 2.05) is 0 Å². The van der Waals surface area contributed by atoms with Gasteiger partial charge in [0.25, 0.3) is 0 Å². The van der Waals surface area contributed by atoms with Crippen molar-refractivity contribution in [2.75, 3.05) is 26.2 Å². The number of halogens is 3. The molecule has 0 saturated carbocycles. The van der Waals surface area contributed by atoms with Crippen LogP contribution in [0.2, 0.25) is 0 Å². The summed E-state index contributed by atoms with van der Waals surface area (Å²) < 4.78 is 36.5. The Bertz CT molecular complexity index is 365. The van der Waals surface area contributed by atoms with Gasteiger partial charge in [-0.25, -0.2) is 0 Å². The van der Waals surface area contributed by atoms with Crippen molar-refractivity contribution in [3.8, 4) is 0 Å². The highest BCUT2D eigenvalue weighted by Gasteiger charge is 2.43. The van der Waals surface area contributed by atoms with E-state index in [0.29, 0.717) is 0 Å². The maximum Gasteiger partial charge on any atom is 0.471 e. The largest absolute Gasteiger partial charge is 0.471 e. The molecule has 1 heterocycles. The lowest BCUT2D eigenvalue weighted by molar-refractivity contribution is -0.187. The van der Waals surface area contributed by atoms with Crippen LogP contribution in [0.4, 0.5) is 13.2 Å². The van der Waals surface area contributed by atoms with Gasteiger partial charge >= 0.3 is 12.1 Å². The predicted molar refractivity (Wildman–Crippen MR) is 58.6 cm³/mol. The molecular weight excluding hydrogens is 249 g/mol. The third-order valence-corrected chi connectivity index (χ3v) is 2.53. The summed E-state index contributed by atoms with van der Waals surface area (Å²) in [6, 6.07) is 0. The van der Waals surface area contributed by atoms with Crippen molar-refractivity contribution in [2.45, 2.75) is 20.0 Å². The lowest BCUT2D eigenvalue weighted by Gasteiger charge is -2.34. The minimum absolute atomic E-state index is 0.0827. The number of carbonyl (C=O) groups is 2. The highest BCUT2D eigenvalue weighted by Crippen LogP contribution is 2.19. The zero-order chi connectivity index (χ0) is 13.9. The predicted octanol–water partition coefficient (Wildman–Crippen LogP) is 1.19. The highest BCUT2D eigenvalue weighted by atomic mass is 19.4. The van der Waals surface area contributed by atoms with Gasteiger partial charge in [-0.2, -0.15) is 13.2 Å². The van der Waals surface area contributed by atoms with Gasteiger partial charge < -0.3 is 9.80 Å². The van der Waals surface area contributed by atoms with Gasteiger partial charge in [0, 0.05) is 32.3 Å². The SMILES string of the molecule is CC(C)=CC(=O)N1CCN(C(=O)C(F)(F)F)CC1. The Morgan fingerprint density at radius 3 is 1.83 bits per heavy atom. The van der Waals surface area contributed by atoms with E-state index in [-0.39, 0.29) is 32.1 Å². The summed E-state index contributed by atoms with van der Waals surface area (Å²) >= 11 is 0. The number of amides is 2. The molecule has 1 aliphatic heterocycles. The molecule has 7 heteroatoms. The van der Waals surface area contributed by atoms with Crippen LogP contribution in [0.5, 0.6) is 0 Å². The molecule has 0 aromatic carbocycles. The topological polar surface area (TPSA) is 40.6 Å². The average Bonchev–Trinajstić information content (AvgIpc) is 2.26. The number of rotatable bonds is 1. The fraction of sp³-hybridized carbons (Fsp3) is 0.636. The summed E-state index contributed by atoms with van der Waals surface area (Å²) in [6.45, 7) is 3.62. The molecule has 1 saturated heterocycles. The second-order valence-electron chi connectivity index (χ2n) is 4.34. The summed E-state index contributed by atoms with van der Waals surface area (Å²) in [6.07, 6.45) is -3.41. The Balaban J connectivity index is 2.54. The van der Waals surface area contributed by atoms with Gasteiger partial charge in [-0.15, -0.1) is 0 Å². The molecule has 4 nitrogen and oxygen atoms in total. The molecule has 0 N–H and O–H groups in total. The number of allylic oxidation sites excluding steroid dienone is 1. The first-order valence-corrected chi connectivity index (χ1v) is 5.51. The van der Waals surface area contributed by atoms with Crippen LogP contribution >= 0.6 is 0 Å². The van der Waals surface area contributed by atoms with Crippen LogP contribution in [0.25, 0.3) is 0 Å². The summed E-state index contributed by atoms with van der Waals surface area (Å²) in [4.78, 5) is 24.7. The summed E-state index contributed by atoms with van der Waals surface area (Å²) in [5, 5.41) is 0. The molecule has 0 aromatic heterocycles. The standard InChI is InChI=1S/C11H15F3N2O2/c1-8(2)7-9(17)15-3-5-16(6-4-15)10(18)11(12,13)14/h7H,3-6H2,1-2H3. The van der Waals surface area contributed by atoms with Crippen molar-refractivity contribution in [1.82, 2.24) is 9.80 Å². The van der Waals surface area contributed by atoms with E-state index in [2.05, 4.69) is 0 Å². The first-order chi connectivity index (χ1) is 8.21. The Morgan fingerprint density at radius 1 is 1.00 bits per heavy atom. The minimum atomic E-state index is -4.84. The van der Waals surface area contributed by atoms with E-state index in [0.717, 1.165) is 10.5 Å². The van der Waals surface area contributed by atoms with Crippen molar-refractivity contribution in [3.05, 3.63) is 11.6 Å². The second-order valence-corrected chi connectivity index (χ2v) is 4.34. The van der Waals surface area contributed by atoms with Crippen LogP contribution in [0.3, 0.4) is 0 Å². The molecule has 18 heavy (non-hydrogen) atoms. The third kappa shape index (κ3) is 3.75. The fourth-order valence-corrected chi connectivity index (χ4v) is 1.65. The van der Waals surface area contributed by atoms with Crippen LogP contribution < -0.4 is 0 Å². The maximum absolute atomic E-state index is 12.2. The molecule has 0 aliphatic carbocycles. The van der Waals surface area contributed by atoms with E-state index in [9.17, 15) is 22.8 Å². The lowest BCUT2D eigenvalue weighted by atomic mass is 10.2. The van der Waals surface area contributed by atoms with Crippen LogP contribution in [-0.2, 0) is 9.59 Å². The van der Waals surface area contributed by atoms with E-state index in [1.54, 1.807) is 13.8 Å². The Morgan fingerprint density at radius 2 is 1.44 bits per heavy atom. The Kier molecular flexibility index (Phi) is 4.37. The number of hydrogen-bond donors (Lipinski definition) is 0. The molecule has 2 amide bonds. The van der Waals surface area contributed by atoms with Crippen molar-refractivity contribution >= 4 is 11.8 Å². The van der Waals surface area contributed by atoms with Gasteiger partial charge in [0.2, 0.25) is 5.91 Å². The van der Waals surface area contributed by atoms with Crippen LogP contribution in [0.1, 0.15) is 13.8 Å². The molecule has 0 atom stereocenters.